The van der Waals surface area contributed by atoms with Crippen molar-refractivity contribution in [1.29, 1.82) is 0 Å². The number of hydrogen-bond acceptors (Lipinski definition) is 7. The van der Waals surface area contributed by atoms with Gasteiger partial charge in [-0.25, -0.2) is 14.6 Å². The lowest BCUT2D eigenvalue weighted by atomic mass is 10.1. The summed E-state index contributed by atoms with van der Waals surface area (Å²) in [6, 6.07) is -1.72. The van der Waals surface area contributed by atoms with Crippen LogP contribution in [0.2, 0.25) is 0 Å². The Kier molecular flexibility index (Phi) is 13.8. The van der Waals surface area contributed by atoms with E-state index in [1.54, 1.807) is 30.1 Å². The number of amides is 2. The second-order valence-electron chi connectivity index (χ2n) is 8.56. The third kappa shape index (κ3) is 10.4. The average molecular weight is 473 g/mol. The Morgan fingerprint density at radius 3 is 2.12 bits per heavy atom. The summed E-state index contributed by atoms with van der Waals surface area (Å²) in [6.45, 7) is 14.4. The molecule has 0 fully saturated rings. The first kappa shape index (κ1) is 29.8. The molecule has 0 spiro atoms. The van der Waals surface area contributed by atoms with E-state index >= 15 is 0 Å². The molecule has 1 aromatic rings. The SMILES string of the molecule is CCCN(Cc1csc(C(C)C)n1)C(=O)N[C@H](C(=O)O)C(C)C.COC(=O)[C@@H](N)C(C)C. The number of carbonyl (C=O) groups excluding carboxylic acids is 2. The Morgan fingerprint density at radius 2 is 1.78 bits per heavy atom. The maximum atomic E-state index is 12.4. The number of nitrogens with one attached hydrogen (secondary N) is 1. The molecule has 0 bridgehead atoms. The standard InChI is InChI=1S/C16H27N3O3S.C6H13NO2/c1-6-7-19(8-12-9-23-14(17-12)11(4)5)16(22)18-13(10(2)3)15(20)21;1-4(2)5(7)6(8)9-3/h9-11,13H,6-8H2,1-5H3,(H,18,22)(H,20,21);4-5H,7H2,1-3H3/t13-;5-/m00/s1. The molecule has 0 aromatic carbocycles. The molecule has 0 unspecified atom stereocenters. The summed E-state index contributed by atoms with van der Waals surface area (Å²) in [4.78, 5) is 40.4. The number of hydrogen-bond donors (Lipinski definition) is 3. The lowest BCUT2D eigenvalue weighted by Crippen LogP contribution is -2.50. The predicted octanol–water partition coefficient (Wildman–Crippen LogP) is 3.44. The first-order chi connectivity index (χ1) is 14.8. The zero-order valence-electron chi connectivity index (χ0n) is 20.5. The van der Waals surface area contributed by atoms with E-state index in [0.29, 0.717) is 19.0 Å². The van der Waals surface area contributed by atoms with Crippen molar-refractivity contribution in [2.24, 2.45) is 17.6 Å². The van der Waals surface area contributed by atoms with Gasteiger partial charge in [-0.15, -0.1) is 11.3 Å². The molecule has 32 heavy (non-hydrogen) atoms. The van der Waals surface area contributed by atoms with Gasteiger partial charge in [0.15, 0.2) is 0 Å². The van der Waals surface area contributed by atoms with Crippen molar-refractivity contribution in [1.82, 2.24) is 15.2 Å². The summed E-state index contributed by atoms with van der Waals surface area (Å²) in [7, 11) is 1.34. The predicted molar refractivity (Wildman–Crippen MR) is 127 cm³/mol. The van der Waals surface area contributed by atoms with E-state index in [9.17, 15) is 19.5 Å². The van der Waals surface area contributed by atoms with Gasteiger partial charge in [0.05, 0.1) is 24.4 Å². The van der Waals surface area contributed by atoms with E-state index in [1.807, 2.05) is 26.2 Å². The van der Waals surface area contributed by atoms with Crippen LogP contribution in [0.1, 0.15) is 71.5 Å². The van der Waals surface area contributed by atoms with Crippen LogP contribution in [0.25, 0.3) is 0 Å². The number of nitrogens with zero attached hydrogens (tertiary/aromatic N) is 2. The monoisotopic (exact) mass is 472 g/mol. The van der Waals surface area contributed by atoms with E-state index < -0.39 is 18.1 Å². The Bertz CT molecular complexity index is 721. The fourth-order valence-electron chi connectivity index (χ4n) is 2.52. The quantitative estimate of drug-likeness (QED) is 0.444. The number of methoxy groups -OCH3 is 1. The zero-order valence-corrected chi connectivity index (χ0v) is 21.4. The topological polar surface area (TPSA) is 135 Å². The minimum Gasteiger partial charge on any atom is -0.480 e. The number of thiazole rings is 1. The van der Waals surface area contributed by atoms with Crippen LogP contribution in [-0.4, -0.2) is 58.7 Å². The minimum atomic E-state index is -1.01. The number of carboxylic acid groups (broad SMARTS) is 1. The van der Waals surface area contributed by atoms with Crippen molar-refractivity contribution in [3.05, 3.63) is 16.1 Å². The highest BCUT2D eigenvalue weighted by Crippen LogP contribution is 2.20. The van der Waals surface area contributed by atoms with E-state index in [1.165, 1.54) is 7.11 Å². The van der Waals surface area contributed by atoms with Crippen molar-refractivity contribution in [3.8, 4) is 0 Å². The molecule has 0 aliphatic heterocycles. The summed E-state index contributed by atoms with van der Waals surface area (Å²) >= 11 is 1.59. The number of aliphatic carboxylic acids is 1. The van der Waals surface area contributed by atoms with Crippen LogP contribution in [0, 0.1) is 11.8 Å². The van der Waals surface area contributed by atoms with Gasteiger partial charge in [-0.3, -0.25) is 4.79 Å². The molecule has 1 heterocycles. The van der Waals surface area contributed by atoms with Crippen molar-refractivity contribution < 1.29 is 24.2 Å². The number of ether oxygens (including phenoxy) is 1. The van der Waals surface area contributed by atoms with E-state index in [-0.39, 0.29) is 23.8 Å². The largest absolute Gasteiger partial charge is 0.480 e. The highest BCUT2D eigenvalue weighted by atomic mass is 32.1. The highest BCUT2D eigenvalue weighted by molar-refractivity contribution is 7.09. The fraction of sp³-hybridized carbons (Fsp3) is 0.727. The molecule has 0 radical (unpaired) electrons. The molecule has 0 saturated carbocycles. The van der Waals surface area contributed by atoms with Crippen LogP contribution < -0.4 is 11.1 Å². The third-order valence-electron chi connectivity index (χ3n) is 4.60. The maximum absolute atomic E-state index is 12.4. The Balaban J connectivity index is 0.000000900. The van der Waals surface area contributed by atoms with Crippen LogP contribution in [0.15, 0.2) is 5.38 Å². The molecule has 1 rings (SSSR count). The molecule has 1 aromatic heterocycles. The molecular formula is C22H40N4O5S. The molecule has 2 atom stereocenters. The van der Waals surface area contributed by atoms with Crippen LogP contribution >= 0.6 is 11.3 Å². The molecular weight excluding hydrogens is 432 g/mol. The van der Waals surface area contributed by atoms with Crippen molar-refractivity contribution in [2.45, 2.75) is 79.4 Å². The molecule has 10 heteroatoms. The van der Waals surface area contributed by atoms with Crippen molar-refractivity contribution in [2.75, 3.05) is 13.7 Å². The lowest BCUT2D eigenvalue weighted by Gasteiger charge is -2.25. The normalized spacial score (nSPS) is 12.8. The van der Waals surface area contributed by atoms with Gasteiger partial charge in [-0.2, -0.15) is 0 Å². The molecule has 9 nitrogen and oxygen atoms in total. The molecule has 4 N–H and O–H groups in total. The fourth-order valence-corrected chi connectivity index (χ4v) is 3.35. The number of aromatic nitrogens is 1. The van der Waals surface area contributed by atoms with Crippen molar-refractivity contribution >= 4 is 29.3 Å². The summed E-state index contributed by atoms with van der Waals surface area (Å²) in [5, 5.41) is 14.8. The Labute approximate surface area is 195 Å². The summed E-state index contributed by atoms with van der Waals surface area (Å²) in [6.07, 6.45) is 0.800. The van der Waals surface area contributed by atoms with Gasteiger partial charge < -0.3 is 25.8 Å². The minimum absolute atomic E-state index is 0.150. The lowest BCUT2D eigenvalue weighted by molar-refractivity contribution is -0.143. The molecule has 0 saturated heterocycles. The summed E-state index contributed by atoms with van der Waals surface area (Å²) in [5.74, 6) is -1.02. The maximum Gasteiger partial charge on any atom is 0.326 e. The molecule has 2 amide bonds. The molecule has 0 aliphatic carbocycles. The number of nitrogens with two attached hydrogens (primary N) is 1. The Hall–Kier alpha value is -2.20. The molecule has 0 aliphatic rings. The van der Waals surface area contributed by atoms with Gasteiger partial charge in [0.1, 0.15) is 12.1 Å². The van der Waals surface area contributed by atoms with E-state index in [4.69, 9.17) is 5.73 Å². The highest BCUT2D eigenvalue weighted by Gasteiger charge is 2.26. The van der Waals surface area contributed by atoms with Gasteiger partial charge in [-0.1, -0.05) is 48.5 Å². The number of rotatable bonds is 10. The van der Waals surface area contributed by atoms with Crippen LogP contribution in [-0.2, 0) is 20.9 Å². The Morgan fingerprint density at radius 1 is 1.19 bits per heavy atom. The van der Waals surface area contributed by atoms with Crippen LogP contribution in [0.5, 0.6) is 0 Å². The van der Waals surface area contributed by atoms with Crippen LogP contribution in [0.3, 0.4) is 0 Å². The average Bonchev–Trinajstić information content (AvgIpc) is 3.19. The van der Waals surface area contributed by atoms with Gasteiger partial charge >= 0.3 is 18.0 Å². The van der Waals surface area contributed by atoms with Gasteiger partial charge in [-0.05, 0) is 18.3 Å². The van der Waals surface area contributed by atoms with Crippen molar-refractivity contribution in [3.63, 3.8) is 0 Å². The smallest absolute Gasteiger partial charge is 0.326 e. The van der Waals surface area contributed by atoms with Crippen LogP contribution in [0.4, 0.5) is 4.79 Å². The first-order valence-corrected chi connectivity index (χ1v) is 11.8. The van der Waals surface area contributed by atoms with Gasteiger partial charge in [0.2, 0.25) is 0 Å². The number of urea groups is 1. The number of carboxylic acids is 1. The molecule has 184 valence electrons. The number of esters is 1. The van der Waals surface area contributed by atoms with Gasteiger partial charge in [0, 0.05) is 17.8 Å². The second-order valence-corrected chi connectivity index (χ2v) is 9.45. The third-order valence-corrected chi connectivity index (χ3v) is 5.79. The van der Waals surface area contributed by atoms with E-state index in [0.717, 1.165) is 17.1 Å². The second kappa shape index (κ2) is 14.8. The first-order valence-electron chi connectivity index (χ1n) is 10.9. The summed E-state index contributed by atoms with van der Waals surface area (Å²) in [5.41, 5.74) is 6.24. The van der Waals surface area contributed by atoms with E-state index in [2.05, 4.69) is 28.9 Å². The summed E-state index contributed by atoms with van der Waals surface area (Å²) < 4.78 is 4.41. The zero-order chi connectivity index (χ0) is 25.0. The van der Waals surface area contributed by atoms with Gasteiger partial charge in [0.25, 0.3) is 0 Å². The number of carbonyl (C=O) groups is 3.